The number of fused-ring (bicyclic) bond motifs is 1. The zero-order valence-corrected chi connectivity index (χ0v) is 9.72. The van der Waals surface area contributed by atoms with E-state index in [0.29, 0.717) is 5.31 Å². The van der Waals surface area contributed by atoms with Crippen LogP contribution in [0.5, 0.6) is 0 Å². The van der Waals surface area contributed by atoms with Crippen LogP contribution in [0, 0.1) is 11.8 Å². The van der Waals surface area contributed by atoms with Gasteiger partial charge in [0.15, 0.2) is 0 Å². The van der Waals surface area contributed by atoms with E-state index in [1.165, 1.54) is 31.3 Å². The largest absolute Gasteiger partial charge is 0.109 e. The second kappa shape index (κ2) is 3.60. The van der Waals surface area contributed by atoms with Gasteiger partial charge in [-0.15, -0.1) is 0 Å². The van der Waals surface area contributed by atoms with E-state index in [1.807, 2.05) is 0 Å². The minimum absolute atomic E-state index is 0.557. The van der Waals surface area contributed by atoms with Crippen LogP contribution in [0.25, 0.3) is 0 Å². The van der Waals surface area contributed by atoms with Gasteiger partial charge in [0.05, 0.1) is 0 Å². The van der Waals surface area contributed by atoms with Crippen molar-refractivity contribution in [3.63, 3.8) is 0 Å². The Morgan fingerprint density at radius 1 is 1.43 bits per heavy atom. The molecule has 76 valence electrons. The number of hydrogen-bond donors (Lipinski definition) is 0. The van der Waals surface area contributed by atoms with Crippen molar-refractivity contribution >= 4 is 7.85 Å². The third-order valence-corrected chi connectivity index (χ3v) is 3.81. The molecule has 1 saturated carbocycles. The quantitative estimate of drug-likeness (QED) is 0.512. The second-order valence-corrected chi connectivity index (χ2v) is 5.86. The Labute approximate surface area is 88.9 Å². The smallest absolute Gasteiger partial charge is 0.0806 e. The molecule has 2 rings (SSSR count). The van der Waals surface area contributed by atoms with Gasteiger partial charge in [-0.25, -0.2) is 0 Å². The molecule has 0 aromatic rings. The van der Waals surface area contributed by atoms with E-state index in [0.717, 1.165) is 11.8 Å². The lowest BCUT2D eigenvalue weighted by Crippen LogP contribution is -2.16. The van der Waals surface area contributed by atoms with Gasteiger partial charge in [0, 0.05) is 0 Å². The van der Waals surface area contributed by atoms with Crippen molar-refractivity contribution in [2.75, 3.05) is 0 Å². The first-order chi connectivity index (χ1) is 6.57. The molecule has 1 fully saturated rings. The Kier molecular flexibility index (Phi) is 2.59. The van der Waals surface area contributed by atoms with Crippen LogP contribution in [0.3, 0.4) is 0 Å². The molecule has 0 nitrogen and oxygen atoms in total. The highest BCUT2D eigenvalue weighted by atomic mass is 14.3. The molecule has 0 heterocycles. The van der Waals surface area contributed by atoms with E-state index < -0.39 is 0 Å². The minimum atomic E-state index is 0.557. The lowest BCUT2D eigenvalue weighted by Gasteiger charge is -2.29. The van der Waals surface area contributed by atoms with Crippen LogP contribution in [0.15, 0.2) is 23.8 Å². The van der Waals surface area contributed by atoms with Crippen LogP contribution >= 0.6 is 0 Å². The third-order valence-electron chi connectivity index (χ3n) is 3.81. The van der Waals surface area contributed by atoms with Crippen molar-refractivity contribution in [3.8, 4) is 0 Å². The Balaban J connectivity index is 2.17. The fraction of sp³-hybridized carbons (Fsp3) is 0.692. The highest BCUT2D eigenvalue weighted by Crippen LogP contribution is 2.45. The molecule has 14 heavy (non-hydrogen) atoms. The standard InChI is InChI=1S/C13H21B/c1-10-5-6-11-4-3-7-13(2,14)9-12(11)8-10/h5-6,8,11-12H,3-4,7,9,14H2,1-2H3. The van der Waals surface area contributed by atoms with Gasteiger partial charge in [0.2, 0.25) is 0 Å². The van der Waals surface area contributed by atoms with Crippen molar-refractivity contribution < 1.29 is 0 Å². The van der Waals surface area contributed by atoms with Gasteiger partial charge in [-0.05, 0) is 31.6 Å². The summed E-state index contributed by atoms with van der Waals surface area (Å²) in [4.78, 5) is 0. The zero-order chi connectivity index (χ0) is 10.2. The average molecular weight is 188 g/mol. The summed E-state index contributed by atoms with van der Waals surface area (Å²) in [6, 6.07) is 0. The molecule has 0 saturated heterocycles. The van der Waals surface area contributed by atoms with Gasteiger partial charge >= 0.3 is 0 Å². The second-order valence-electron chi connectivity index (χ2n) is 5.86. The summed E-state index contributed by atoms with van der Waals surface area (Å²) in [5.41, 5.74) is 1.46. The average Bonchev–Trinajstić information content (AvgIpc) is 2.21. The summed E-state index contributed by atoms with van der Waals surface area (Å²) in [6.45, 7) is 4.65. The van der Waals surface area contributed by atoms with E-state index in [2.05, 4.69) is 39.9 Å². The maximum Gasteiger partial charge on any atom is 0.109 e. The number of rotatable bonds is 0. The highest BCUT2D eigenvalue weighted by molar-refractivity contribution is 6.14. The van der Waals surface area contributed by atoms with E-state index >= 15 is 0 Å². The molecule has 3 atom stereocenters. The summed E-state index contributed by atoms with van der Waals surface area (Å²) in [6.07, 6.45) is 12.8. The van der Waals surface area contributed by atoms with Gasteiger partial charge in [-0.3, -0.25) is 0 Å². The molecule has 0 N–H and O–H groups in total. The molecule has 2 aliphatic carbocycles. The van der Waals surface area contributed by atoms with Crippen LogP contribution in [-0.4, -0.2) is 7.85 Å². The number of allylic oxidation sites excluding steroid dienone is 4. The van der Waals surface area contributed by atoms with Crippen LogP contribution in [-0.2, 0) is 0 Å². The fourth-order valence-electron chi connectivity index (χ4n) is 3.01. The predicted octanol–water partition coefficient (Wildman–Crippen LogP) is 3.12. The first-order valence-electron chi connectivity index (χ1n) is 5.93. The summed E-state index contributed by atoms with van der Waals surface area (Å²) in [5, 5.41) is 0.557. The van der Waals surface area contributed by atoms with Crippen molar-refractivity contribution in [2.24, 2.45) is 11.8 Å². The van der Waals surface area contributed by atoms with Crippen LogP contribution in [0.2, 0.25) is 5.31 Å². The van der Waals surface area contributed by atoms with Crippen LogP contribution < -0.4 is 0 Å². The molecule has 0 aliphatic heterocycles. The molecule has 0 aromatic carbocycles. The summed E-state index contributed by atoms with van der Waals surface area (Å²) >= 11 is 0. The minimum Gasteiger partial charge on any atom is -0.0806 e. The molecule has 0 amide bonds. The predicted molar refractivity (Wildman–Crippen MR) is 65.3 cm³/mol. The summed E-state index contributed by atoms with van der Waals surface area (Å²) in [7, 11) is 2.43. The Bertz CT molecular complexity index is 273. The topological polar surface area (TPSA) is 0 Å². The molecule has 0 spiro atoms. The Morgan fingerprint density at radius 2 is 2.21 bits per heavy atom. The highest BCUT2D eigenvalue weighted by Gasteiger charge is 2.30. The van der Waals surface area contributed by atoms with Gasteiger partial charge in [0.1, 0.15) is 7.85 Å². The summed E-state index contributed by atoms with van der Waals surface area (Å²) < 4.78 is 0. The van der Waals surface area contributed by atoms with Crippen molar-refractivity contribution in [2.45, 2.75) is 44.8 Å². The van der Waals surface area contributed by atoms with E-state index in [9.17, 15) is 0 Å². The molecule has 0 aromatic heterocycles. The summed E-state index contributed by atoms with van der Waals surface area (Å²) in [5.74, 6) is 1.65. The molecule has 2 aliphatic rings. The molecular formula is C13H21B. The Morgan fingerprint density at radius 3 is 3.00 bits per heavy atom. The first-order valence-corrected chi connectivity index (χ1v) is 5.93. The number of hydrogen-bond acceptors (Lipinski definition) is 0. The first kappa shape index (κ1) is 10.1. The van der Waals surface area contributed by atoms with E-state index in [-0.39, 0.29) is 0 Å². The van der Waals surface area contributed by atoms with Gasteiger partial charge in [-0.1, -0.05) is 48.9 Å². The van der Waals surface area contributed by atoms with Crippen molar-refractivity contribution in [3.05, 3.63) is 23.8 Å². The SMILES string of the molecule is BC1(C)CCCC2C=CC(C)=CC2C1. The van der Waals surface area contributed by atoms with Crippen molar-refractivity contribution in [1.29, 1.82) is 0 Å². The van der Waals surface area contributed by atoms with Crippen molar-refractivity contribution in [1.82, 2.24) is 0 Å². The maximum absolute atomic E-state index is 2.50. The molecule has 0 radical (unpaired) electrons. The van der Waals surface area contributed by atoms with E-state index in [1.54, 1.807) is 0 Å². The van der Waals surface area contributed by atoms with E-state index in [4.69, 9.17) is 0 Å². The lowest BCUT2D eigenvalue weighted by molar-refractivity contribution is 0.412. The van der Waals surface area contributed by atoms with Gasteiger partial charge in [0.25, 0.3) is 0 Å². The molecular weight excluding hydrogens is 167 g/mol. The van der Waals surface area contributed by atoms with Gasteiger partial charge < -0.3 is 0 Å². The Hall–Kier alpha value is -0.455. The molecule has 3 unspecified atom stereocenters. The third kappa shape index (κ3) is 2.13. The van der Waals surface area contributed by atoms with Crippen LogP contribution in [0.4, 0.5) is 0 Å². The van der Waals surface area contributed by atoms with Gasteiger partial charge in [-0.2, -0.15) is 0 Å². The normalized spacial score (nSPS) is 42.6. The zero-order valence-electron chi connectivity index (χ0n) is 9.72. The lowest BCUT2D eigenvalue weighted by atomic mass is 9.63. The maximum atomic E-state index is 2.50. The fourth-order valence-corrected chi connectivity index (χ4v) is 3.01. The van der Waals surface area contributed by atoms with Crippen LogP contribution in [0.1, 0.15) is 39.5 Å². The monoisotopic (exact) mass is 188 g/mol. The molecule has 0 bridgehead atoms. The molecule has 1 heteroatoms.